The summed E-state index contributed by atoms with van der Waals surface area (Å²) in [5, 5.41) is 15.3. The van der Waals surface area contributed by atoms with Crippen LogP contribution in [0.2, 0.25) is 5.02 Å². The van der Waals surface area contributed by atoms with E-state index in [-0.39, 0.29) is 31.0 Å². The molecule has 3 N–H and O–H groups in total. The molecule has 7 nitrogen and oxygen atoms in total. The number of aromatic nitrogens is 1. The van der Waals surface area contributed by atoms with E-state index in [0.717, 1.165) is 15.9 Å². The van der Waals surface area contributed by atoms with Crippen LogP contribution >= 0.6 is 39.3 Å². The predicted molar refractivity (Wildman–Crippen MR) is 119 cm³/mol. The Morgan fingerprint density at radius 1 is 1.21 bits per heavy atom. The lowest BCUT2D eigenvalue weighted by molar-refractivity contribution is 0.0929. The maximum atomic E-state index is 12.8. The Morgan fingerprint density at radius 3 is 2.52 bits per heavy atom. The minimum absolute atomic E-state index is 0.0689. The normalized spacial score (nSPS) is 10.6. The van der Waals surface area contributed by atoms with Gasteiger partial charge < -0.3 is 20.3 Å². The van der Waals surface area contributed by atoms with Crippen molar-refractivity contribution in [3.05, 3.63) is 67.0 Å². The summed E-state index contributed by atoms with van der Waals surface area (Å²) in [5.74, 6) is -0.310. The third-order valence-electron chi connectivity index (χ3n) is 3.98. The van der Waals surface area contributed by atoms with Crippen molar-refractivity contribution in [3.8, 4) is 0 Å². The summed E-state index contributed by atoms with van der Waals surface area (Å²) in [6.07, 6.45) is 1.92. The van der Waals surface area contributed by atoms with Gasteiger partial charge in [-0.3, -0.25) is 14.4 Å². The van der Waals surface area contributed by atoms with Gasteiger partial charge in [0, 0.05) is 34.9 Å². The van der Waals surface area contributed by atoms with E-state index < -0.39 is 17.4 Å². The smallest absolute Gasteiger partial charge is 0.269 e. The molecule has 2 rings (SSSR count). The fourth-order valence-corrected chi connectivity index (χ4v) is 3.63. The van der Waals surface area contributed by atoms with Gasteiger partial charge in [-0.1, -0.05) is 23.7 Å². The van der Waals surface area contributed by atoms with Crippen molar-refractivity contribution in [2.24, 2.45) is 0 Å². The Balaban J connectivity index is 2.28. The van der Waals surface area contributed by atoms with Crippen molar-refractivity contribution in [1.82, 2.24) is 15.2 Å². The van der Waals surface area contributed by atoms with Crippen LogP contribution in [0, 0.1) is 0 Å². The van der Waals surface area contributed by atoms with E-state index in [1.807, 2.05) is 6.26 Å². The van der Waals surface area contributed by atoms with Crippen molar-refractivity contribution < 1.29 is 14.7 Å². The number of aliphatic hydroxyl groups excluding tert-OH is 1. The van der Waals surface area contributed by atoms with Gasteiger partial charge in [0.15, 0.2) is 0 Å². The van der Waals surface area contributed by atoms with Crippen LogP contribution in [-0.4, -0.2) is 46.6 Å². The highest BCUT2D eigenvalue weighted by molar-refractivity contribution is 9.10. The number of hydrogen-bond acceptors (Lipinski definition) is 5. The maximum absolute atomic E-state index is 12.8. The molecule has 0 unspecified atom stereocenters. The first-order valence-electron chi connectivity index (χ1n) is 8.73. The second-order valence-electron chi connectivity index (χ2n) is 5.99. The maximum Gasteiger partial charge on any atom is 0.269 e. The van der Waals surface area contributed by atoms with Crippen LogP contribution < -0.4 is 16.2 Å². The molecule has 0 saturated heterocycles. The fourth-order valence-electron chi connectivity index (χ4n) is 2.57. The lowest BCUT2D eigenvalue weighted by atomic mass is 10.2. The molecule has 10 heteroatoms. The van der Waals surface area contributed by atoms with Crippen LogP contribution in [0.4, 0.5) is 0 Å². The number of aliphatic hydroxyl groups is 1. The van der Waals surface area contributed by atoms with Gasteiger partial charge in [-0.2, -0.15) is 11.8 Å². The average Bonchev–Trinajstić information content (AvgIpc) is 2.70. The summed E-state index contributed by atoms with van der Waals surface area (Å²) < 4.78 is 1.40. The molecule has 2 amide bonds. The van der Waals surface area contributed by atoms with Gasteiger partial charge in [-0.25, -0.2) is 0 Å². The van der Waals surface area contributed by atoms with Gasteiger partial charge in [-0.05, 0) is 45.9 Å². The summed E-state index contributed by atoms with van der Waals surface area (Å²) >= 11 is 10.7. The zero-order valence-electron chi connectivity index (χ0n) is 15.7. The Hall–Kier alpha value is -1.81. The number of nitrogens with one attached hydrogen (secondary N) is 2. The van der Waals surface area contributed by atoms with Gasteiger partial charge in [-0.15, -0.1) is 0 Å². The summed E-state index contributed by atoms with van der Waals surface area (Å²) in [5.41, 5.74) is 0.118. The fraction of sp³-hybridized carbons (Fsp3) is 0.316. The van der Waals surface area contributed by atoms with Crippen LogP contribution in [0.15, 0.2) is 39.6 Å². The van der Waals surface area contributed by atoms with E-state index in [1.165, 1.54) is 6.07 Å². The number of thioether (sulfide) groups is 1. The van der Waals surface area contributed by atoms with Crippen LogP contribution in [0.25, 0.3) is 0 Å². The quantitative estimate of drug-likeness (QED) is 0.457. The highest BCUT2D eigenvalue weighted by Gasteiger charge is 2.22. The summed E-state index contributed by atoms with van der Waals surface area (Å²) in [4.78, 5) is 37.9. The van der Waals surface area contributed by atoms with Gasteiger partial charge in [0.2, 0.25) is 0 Å². The van der Waals surface area contributed by atoms with Crippen molar-refractivity contribution in [1.29, 1.82) is 0 Å². The molecule has 0 aliphatic heterocycles. The van der Waals surface area contributed by atoms with Gasteiger partial charge >= 0.3 is 0 Å². The van der Waals surface area contributed by atoms with E-state index in [0.29, 0.717) is 16.0 Å². The molecular formula is C19H21BrClN3O4S. The van der Waals surface area contributed by atoms with E-state index in [9.17, 15) is 19.5 Å². The Kier molecular flexibility index (Phi) is 9.22. The molecule has 0 aliphatic carbocycles. The standard InChI is InChI=1S/C19H21BrClN3O4S/c1-29-9-6-22-18(27)16-15(20)10-14(19(28)24(16)7-8-25)17(26)23-11-12-2-4-13(21)5-3-12/h2-5,10,25H,6-9,11H2,1H3,(H,22,27)(H,23,26). The summed E-state index contributed by atoms with van der Waals surface area (Å²) in [6.45, 7) is 0.182. The minimum Gasteiger partial charge on any atom is -0.395 e. The summed E-state index contributed by atoms with van der Waals surface area (Å²) in [7, 11) is 0. The van der Waals surface area contributed by atoms with E-state index in [1.54, 1.807) is 36.0 Å². The molecule has 0 aliphatic rings. The first kappa shape index (κ1) is 23.5. The monoisotopic (exact) mass is 501 g/mol. The Labute approximate surface area is 186 Å². The second kappa shape index (κ2) is 11.4. The predicted octanol–water partition coefficient (Wildman–Crippen LogP) is 2.28. The second-order valence-corrected chi connectivity index (χ2v) is 8.27. The van der Waals surface area contributed by atoms with E-state index >= 15 is 0 Å². The van der Waals surface area contributed by atoms with Crippen LogP contribution in [-0.2, 0) is 13.1 Å². The molecular weight excluding hydrogens is 482 g/mol. The van der Waals surface area contributed by atoms with Gasteiger partial charge in [0.1, 0.15) is 11.3 Å². The van der Waals surface area contributed by atoms with Crippen molar-refractivity contribution in [2.75, 3.05) is 25.2 Å². The topological polar surface area (TPSA) is 100 Å². The molecule has 0 bridgehead atoms. The number of amides is 2. The average molecular weight is 503 g/mol. The number of carbonyl (C=O) groups is 2. The molecule has 0 spiro atoms. The van der Waals surface area contributed by atoms with Crippen LogP contribution in [0.1, 0.15) is 26.4 Å². The molecule has 0 atom stereocenters. The number of carbonyl (C=O) groups excluding carboxylic acids is 2. The molecule has 2 aromatic rings. The first-order chi connectivity index (χ1) is 13.9. The lowest BCUT2D eigenvalue weighted by Gasteiger charge is -2.15. The number of nitrogens with zero attached hydrogens (tertiary/aromatic N) is 1. The van der Waals surface area contributed by atoms with Crippen molar-refractivity contribution in [3.63, 3.8) is 0 Å². The van der Waals surface area contributed by atoms with Crippen molar-refractivity contribution >= 4 is 51.1 Å². The number of rotatable bonds is 9. The van der Waals surface area contributed by atoms with Crippen LogP contribution in [0.3, 0.4) is 0 Å². The molecule has 1 aromatic carbocycles. The first-order valence-corrected chi connectivity index (χ1v) is 11.3. The van der Waals surface area contributed by atoms with E-state index in [4.69, 9.17) is 11.6 Å². The molecule has 0 saturated carbocycles. The molecule has 1 aromatic heterocycles. The molecule has 0 fully saturated rings. The zero-order valence-corrected chi connectivity index (χ0v) is 18.9. The molecule has 0 radical (unpaired) electrons. The number of benzene rings is 1. The molecule has 156 valence electrons. The molecule has 1 heterocycles. The highest BCUT2D eigenvalue weighted by atomic mass is 79.9. The molecule has 29 heavy (non-hydrogen) atoms. The zero-order chi connectivity index (χ0) is 21.4. The lowest BCUT2D eigenvalue weighted by Crippen LogP contribution is -2.38. The van der Waals surface area contributed by atoms with Crippen LogP contribution in [0.5, 0.6) is 0 Å². The largest absolute Gasteiger partial charge is 0.395 e. The number of pyridine rings is 1. The number of halogens is 2. The van der Waals surface area contributed by atoms with Gasteiger partial charge in [0.25, 0.3) is 17.4 Å². The SMILES string of the molecule is CSCCNC(=O)c1c(Br)cc(C(=O)NCc2ccc(Cl)cc2)c(=O)n1CCO. The summed E-state index contributed by atoms with van der Waals surface area (Å²) in [6, 6.07) is 8.28. The Bertz CT molecular complexity index is 934. The Morgan fingerprint density at radius 2 is 1.90 bits per heavy atom. The van der Waals surface area contributed by atoms with Crippen molar-refractivity contribution in [2.45, 2.75) is 13.1 Å². The van der Waals surface area contributed by atoms with Gasteiger partial charge in [0.05, 0.1) is 6.61 Å². The third-order valence-corrected chi connectivity index (χ3v) is 5.45. The number of hydrogen-bond donors (Lipinski definition) is 3. The minimum atomic E-state index is -0.647. The highest BCUT2D eigenvalue weighted by Crippen LogP contribution is 2.17. The third kappa shape index (κ3) is 6.33. The van der Waals surface area contributed by atoms with E-state index in [2.05, 4.69) is 26.6 Å².